The van der Waals surface area contributed by atoms with Gasteiger partial charge in [-0.05, 0) is 49.8 Å². The minimum atomic E-state index is 0.604. The van der Waals surface area contributed by atoms with E-state index >= 15 is 0 Å². The molecular formula is C18H30N2. The molecule has 2 heteroatoms. The number of unbranched alkanes of at least 4 members (excludes halogenated alkanes) is 1. The van der Waals surface area contributed by atoms with E-state index in [1.807, 2.05) is 0 Å². The Balaban J connectivity index is 2.03. The largest absolute Gasteiger partial charge is 0.371 e. The lowest BCUT2D eigenvalue weighted by Crippen LogP contribution is -2.30. The van der Waals surface area contributed by atoms with E-state index in [0.717, 1.165) is 6.54 Å². The molecule has 20 heavy (non-hydrogen) atoms. The van der Waals surface area contributed by atoms with Gasteiger partial charge in [0, 0.05) is 31.4 Å². The average molecular weight is 274 g/mol. The molecule has 112 valence electrons. The average Bonchev–Trinajstić information content (AvgIpc) is 2.50. The highest BCUT2D eigenvalue weighted by Crippen LogP contribution is 2.28. The summed E-state index contributed by atoms with van der Waals surface area (Å²) in [6.07, 6.45) is 6.32. The van der Waals surface area contributed by atoms with Crippen LogP contribution >= 0.6 is 0 Å². The Kier molecular flexibility index (Phi) is 5.90. The van der Waals surface area contributed by atoms with Gasteiger partial charge in [0.1, 0.15) is 0 Å². The van der Waals surface area contributed by atoms with Crippen LogP contribution in [0.3, 0.4) is 0 Å². The molecule has 0 amide bonds. The smallest absolute Gasteiger partial charge is 0.0398 e. The maximum atomic E-state index is 3.59. The van der Waals surface area contributed by atoms with Crippen molar-refractivity contribution >= 4 is 5.69 Å². The van der Waals surface area contributed by atoms with Crippen LogP contribution in [0.1, 0.15) is 57.6 Å². The maximum absolute atomic E-state index is 3.59. The molecule has 0 saturated carbocycles. The van der Waals surface area contributed by atoms with Crippen LogP contribution in [0.25, 0.3) is 0 Å². The highest BCUT2D eigenvalue weighted by molar-refractivity contribution is 5.56. The summed E-state index contributed by atoms with van der Waals surface area (Å²) in [5.74, 6) is 0. The molecular weight excluding hydrogens is 244 g/mol. The van der Waals surface area contributed by atoms with E-state index in [0.29, 0.717) is 6.04 Å². The first-order valence-corrected chi connectivity index (χ1v) is 8.34. The number of anilines is 1. The molecule has 1 heterocycles. The zero-order valence-electron chi connectivity index (χ0n) is 13.4. The summed E-state index contributed by atoms with van der Waals surface area (Å²) < 4.78 is 0. The maximum Gasteiger partial charge on any atom is 0.0398 e. The number of aryl methyl sites for hydroxylation is 1. The summed E-state index contributed by atoms with van der Waals surface area (Å²) in [4.78, 5) is 2.58. The third-order valence-corrected chi connectivity index (χ3v) is 4.41. The fourth-order valence-electron chi connectivity index (χ4n) is 2.86. The molecule has 1 aromatic carbocycles. The summed E-state index contributed by atoms with van der Waals surface area (Å²) in [7, 11) is 0. The van der Waals surface area contributed by atoms with Crippen molar-refractivity contribution < 1.29 is 0 Å². The Bertz CT molecular complexity index is 414. The number of hydrogen-bond donors (Lipinski definition) is 1. The van der Waals surface area contributed by atoms with Crippen LogP contribution in [0.15, 0.2) is 18.2 Å². The van der Waals surface area contributed by atoms with Crippen molar-refractivity contribution in [1.29, 1.82) is 0 Å². The Morgan fingerprint density at radius 2 is 2.15 bits per heavy atom. The summed E-state index contributed by atoms with van der Waals surface area (Å²) in [6, 6.07) is 7.67. The van der Waals surface area contributed by atoms with Gasteiger partial charge >= 0.3 is 0 Å². The van der Waals surface area contributed by atoms with Crippen molar-refractivity contribution in [2.45, 2.75) is 65.5 Å². The second-order valence-electron chi connectivity index (χ2n) is 6.10. The third kappa shape index (κ3) is 3.99. The quantitative estimate of drug-likeness (QED) is 0.804. The Hall–Kier alpha value is -1.02. The molecule has 0 aliphatic carbocycles. The fourth-order valence-corrected chi connectivity index (χ4v) is 2.86. The second kappa shape index (κ2) is 7.68. The summed E-state index contributed by atoms with van der Waals surface area (Å²) in [5, 5.41) is 3.59. The minimum Gasteiger partial charge on any atom is -0.371 e. The summed E-state index contributed by atoms with van der Waals surface area (Å²) >= 11 is 0. The van der Waals surface area contributed by atoms with Crippen LogP contribution in [0, 0.1) is 0 Å². The molecule has 0 bridgehead atoms. The number of fused-ring (bicyclic) bond motifs is 1. The number of benzene rings is 1. The summed E-state index contributed by atoms with van der Waals surface area (Å²) in [5.41, 5.74) is 4.47. The SMILES string of the molecule is CCCCN1CCCc2cc(CN[C@H](C)CC)ccc21. The van der Waals surface area contributed by atoms with Crippen LogP contribution in [0.5, 0.6) is 0 Å². The lowest BCUT2D eigenvalue weighted by atomic mass is 9.98. The van der Waals surface area contributed by atoms with Gasteiger partial charge < -0.3 is 10.2 Å². The van der Waals surface area contributed by atoms with E-state index in [1.54, 1.807) is 5.56 Å². The Labute approximate surface area is 124 Å². The molecule has 1 N–H and O–H groups in total. The lowest BCUT2D eigenvalue weighted by Gasteiger charge is -2.31. The minimum absolute atomic E-state index is 0.604. The Morgan fingerprint density at radius 3 is 2.90 bits per heavy atom. The summed E-state index contributed by atoms with van der Waals surface area (Å²) in [6.45, 7) is 10.2. The first-order chi connectivity index (χ1) is 9.74. The van der Waals surface area contributed by atoms with E-state index in [2.05, 4.69) is 49.2 Å². The van der Waals surface area contributed by atoms with E-state index in [1.165, 1.54) is 56.4 Å². The standard InChI is InChI=1S/C18H30N2/c1-4-6-11-20-12-7-8-17-13-16(9-10-18(17)20)14-19-15(3)5-2/h9-10,13,15,19H,4-8,11-12,14H2,1-3H3/t15-/m1/s1. The van der Waals surface area contributed by atoms with E-state index in [9.17, 15) is 0 Å². The zero-order valence-corrected chi connectivity index (χ0v) is 13.4. The van der Waals surface area contributed by atoms with Gasteiger partial charge in [-0.3, -0.25) is 0 Å². The van der Waals surface area contributed by atoms with Crippen molar-refractivity contribution in [2.75, 3.05) is 18.0 Å². The first kappa shape index (κ1) is 15.4. The van der Waals surface area contributed by atoms with Crippen LogP contribution in [0.2, 0.25) is 0 Å². The Morgan fingerprint density at radius 1 is 1.30 bits per heavy atom. The molecule has 0 spiro atoms. The van der Waals surface area contributed by atoms with Gasteiger partial charge in [-0.2, -0.15) is 0 Å². The molecule has 0 unspecified atom stereocenters. The lowest BCUT2D eigenvalue weighted by molar-refractivity contribution is 0.534. The van der Waals surface area contributed by atoms with Gasteiger partial charge in [0.05, 0.1) is 0 Å². The predicted octanol–water partition coefficient (Wildman–Crippen LogP) is 4.13. The van der Waals surface area contributed by atoms with Gasteiger partial charge in [-0.25, -0.2) is 0 Å². The number of rotatable bonds is 7. The molecule has 1 aromatic rings. The van der Waals surface area contributed by atoms with Crippen molar-refractivity contribution in [3.8, 4) is 0 Å². The molecule has 1 aliphatic rings. The zero-order chi connectivity index (χ0) is 14.4. The topological polar surface area (TPSA) is 15.3 Å². The predicted molar refractivity (Wildman–Crippen MR) is 88.5 cm³/mol. The molecule has 1 atom stereocenters. The van der Waals surface area contributed by atoms with E-state index < -0.39 is 0 Å². The van der Waals surface area contributed by atoms with Crippen molar-refractivity contribution in [3.05, 3.63) is 29.3 Å². The molecule has 0 saturated heterocycles. The van der Waals surface area contributed by atoms with Crippen LogP contribution in [-0.4, -0.2) is 19.1 Å². The highest BCUT2D eigenvalue weighted by Gasteiger charge is 2.16. The molecule has 0 aromatic heterocycles. The van der Waals surface area contributed by atoms with Gasteiger partial charge in [-0.1, -0.05) is 32.4 Å². The molecule has 1 aliphatic heterocycles. The van der Waals surface area contributed by atoms with Gasteiger partial charge in [0.15, 0.2) is 0 Å². The molecule has 0 radical (unpaired) electrons. The third-order valence-electron chi connectivity index (χ3n) is 4.41. The first-order valence-electron chi connectivity index (χ1n) is 8.34. The van der Waals surface area contributed by atoms with Crippen molar-refractivity contribution in [3.63, 3.8) is 0 Å². The van der Waals surface area contributed by atoms with Crippen molar-refractivity contribution in [2.24, 2.45) is 0 Å². The van der Waals surface area contributed by atoms with Gasteiger partial charge in [0.25, 0.3) is 0 Å². The monoisotopic (exact) mass is 274 g/mol. The second-order valence-corrected chi connectivity index (χ2v) is 6.10. The van der Waals surface area contributed by atoms with Crippen LogP contribution < -0.4 is 10.2 Å². The molecule has 0 fully saturated rings. The van der Waals surface area contributed by atoms with Gasteiger partial charge in [-0.15, -0.1) is 0 Å². The van der Waals surface area contributed by atoms with E-state index in [4.69, 9.17) is 0 Å². The number of nitrogens with one attached hydrogen (secondary N) is 1. The van der Waals surface area contributed by atoms with Crippen LogP contribution in [-0.2, 0) is 13.0 Å². The van der Waals surface area contributed by atoms with Crippen LogP contribution in [0.4, 0.5) is 5.69 Å². The normalized spacial score (nSPS) is 16.1. The number of nitrogens with zero attached hydrogens (tertiary/aromatic N) is 1. The fraction of sp³-hybridized carbons (Fsp3) is 0.667. The van der Waals surface area contributed by atoms with E-state index in [-0.39, 0.29) is 0 Å². The van der Waals surface area contributed by atoms with Crippen molar-refractivity contribution in [1.82, 2.24) is 5.32 Å². The molecule has 2 rings (SSSR count). The van der Waals surface area contributed by atoms with Gasteiger partial charge in [0.2, 0.25) is 0 Å². The molecule has 2 nitrogen and oxygen atoms in total. The highest BCUT2D eigenvalue weighted by atomic mass is 15.1. The number of hydrogen-bond acceptors (Lipinski definition) is 2.